The van der Waals surface area contributed by atoms with Gasteiger partial charge in [0.05, 0.1) is 0 Å². The van der Waals surface area contributed by atoms with Crippen LogP contribution < -0.4 is 9.47 Å². The zero-order valence-corrected chi connectivity index (χ0v) is 14.9. The number of fused-ring (bicyclic) bond motifs is 2. The third-order valence-corrected chi connectivity index (χ3v) is 5.15. The van der Waals surface area contributed by atoms with Gasteiger partial charge in [-0.1, -0.05) is 60.7 Å². The molecule has 4 aromatic carbocycles. The minimum absolute atomic E-state index is 0.206. The fourth-order valence-electron chi connectivity index (χ4n) is 3.92. The van der Waals surface area contributed by atoms with Gasteiger partial charge in [-0.05, 0) is 46.7 Å². The van der Waals surface area contributed by atoms with Crippen LogP contribution in [0.5, 0.6) is 17.2 Å². The van der Waals surface area contributed by atoms with Crippen LogP contribution in [-0.4, -0.2) is 11.9 Å². The van der Waals surface area contributed by atoms with E-state index in [0.717, 1.165) is 38.6 Å². The van der Waals surface area contributed by atoms with Crippen LogP contribution in [0.4, 0.5) is 0 Å². The summed E-state index contributed by atoms with van der Waals surface area (Å²) in [5.74, 6) is 1.65. The van der Waals surface area contributed by atoms with E-state index in [9.17, 15) is 5.11 Å². The van der Waals surface area contributed by atoms with Gasteiger partial charge in [0.1, 0.15) is 5.75 Å². The molecule has 0 atom stereocenters. The number of phenolic OH excluding ortho intramolecular Hbond substituents is 1. The maximum absolute atomic E-state index is 11.2. The Kier molecular flexibility index (Phi) is 3.54. The first-order chi connectivity index (χ1) is 13.2. The highest BCUT2D eigenvalue weighted by atomic mass is 16.7. The Hall–Kier alpha value is -3.46. The molecule has 132 valence electrons. The largest absolute Gasteiger partial charge is 0.507 e. The first kappa shape index (κ1) is 15.8. The Bertz CT molecular complexity index is 1150. The molecule has 0 unspecified atom stereocenters. The summed E-state index contributed by atoms with van der Waals surface area (Å²) in [5.41, 5.74) is 5.08. The first-order valence-electron chi connectivity index (χ1n) is 8.94. The van der Waals surface area contributed by atoms with Gasteiger partial charge in [-0.2, -0.15) is 0 Å². The third kappa shape index (κ3) is 2.43. The highest BCUT2D eigenvalue weighted by molar-refractivity contribution is 6.08. The van der Waals surface area contributed by atoms with Gasteiger partial charge >= 0.3 is 0 Å². The summed E-state index contributed by atoms with van der Waals surface area (Å²) in [6, 6.07) is 24.1. The van der Waals surface area contributed by atoms with Crippen molar-refractivity contribution < 1.29 is 14.6 Å². The van der Waals surface area contributed by atoms with E-state index >= 15 is 0 Å². The van der Waals surface area contributed by atoms with Crippen LogP contribution in [0.2, 0.25) is 0 Å². The molecule has 1 aliphatic rings. The molecule has 5 rings (SSSR count). The van der Waals surface area contributed by atoms with Gasteiger partial charge in [0.15, 0.2) is 11.5 Å². The van der Waals surface area contributed by atoms with Crippen LogP contribution in [0, 0.1) is 6.92 Å². The molecule has 0 amide bonds. The predicted molar refractivity (Wildman–Crippen MR) is 107 cm³/mol. The highest BCUT2D eigenvalue weighted by Gasteiger charge is 2.23. The average Bonchev–Trinajstić information content (AvgIpc) is 3.16. The topological polar surface area (TPSA) is 38.7 Å². The summed E-state index contributed by atoms with van der Waals surface area (Å²) in [6.45, 7) is 2.27. The number of ether oxygens (including phenoxy) is 2. The third-order valence-electron chi connectivity index (χ3n) is 5.15. The summed E-state index contributed by atoms with van der Waals surface area (Å²) in [4.78, 5) is 0. The molecule has 27 heavy (non-hydrogen) atoms. The maximum atomic E-state index is 11.2. The zero-order valence-electron chi connectivity index (χ0n) is 14.9. The van der Waals surface area contributed by atoms with Crippen molar-refractivity contribution in [3.63, 3.8) is 0 Å². The van der Waals surface area contributed by atoms with Gasteiger partial charge < -0.3 is 14.6 Å². The minimum Gasteiger partial charge on any atom is -0.507 e. The van der Waals surface area contributed by atoms with Gasteiger partial charge in [0.2, 0.25) is 6.79 Å². The number of aromatic hydroxyl groups is 1. The van der Waals surface area contributed by atoms with E-state index in [1.165, 1.54) is 0 Å². The predicted octanol–water partition coefficient (Wildman–Crippen LogP) is 5.92. The van der Waals surface area contributed by atoms with Crippen molar-refractivity contribution in [2.75, 3.05) is 6.79 Å². The number of rotatable bonds is 2. The van der Waals surface area contributed by atoms with Gasteiger partial charge in [-0.15, -0.1) is 0 Å². The number of hydrogen-bond acceptors (Lipinski definition) is 3. The van der Waals surface area contributed by atoms with Gasteiger partial charge in [0.25, 0.3) is 0 Å². The van der Waals surface area contributed by atoms with Crippen LogP contribution in [0.1, 0.15) is 5.56 Å². The molecule has 1 aliphatic heterocycles. The van der Waals surface area contributed by atoms with Gasteiger partial charge in [0, 0.05) is 10.9 Å². The Morgan fingerprint density at radius 2 is 1.22 bits per heavy atom. The average molecular weight is 354 g/mol. The quantitative estimate of drug-likeness (QED) is 0.486. The van der Waals surface area contributed by atoms with E-state index in [2.05, 4.69) is 19.1 Å². The zero-order chi connectivity index (χ0) is 18.4. The SMILES string of the molecule is Cc1c(-c2ccccc2)c(O)c2cc3c(cc2c1-c1ccccc1)OCO3. The molecule has 0 saturated heterocycles. The lowest BCUT2D eigenvalue weighted by Gasteiger charge is -2.19. The van der Waals surface area contributed by atoms with E-state index in [1.54, 1.807) is 0 Å². The lowest BCUT2D eigenvalue weighted by molar-refractivity contribution is 0.174. The molecule has 0 spiro atoms. The number of hydrogen-bond donors (Lipinski definition) is 1. The Balaban J connectivity index is 1.94. The second-order valence-corrected chi connectivity index (χ2v) is 6.71. The van der Waals surface area contributed by atoms with Gasteiger partial charge in [-0.25, -0.2) is 0 Å². The summed E-state index contributed by atoms with van der Waals surface area (Å²) in [5, 5.41) is 12.9. The van der Waals surface area contributed by atoms with Gasteiger partial charge in [-0.3, -0.25) is 0 Å². The molecule has 0 aliphatic carbocycles. The van der Waals surface area contributed by atoms with Crippen molar-refractivity contribution in [2.24, 2.45) is 0 Å². The minimum atomic E-state index is 0.206. The Morgan fingerprint density at radius 1 is 0.704 bits per heavy atom. The normalized spacial score (nSPS) is 12.5. The molecule has 0 saturated carbocycles. The maximum Gasteiger partial charge on any atom is 0.231 e. The van der Waals surface area contributed by atoms with Crippen LogP contribution in [0.3, 0.4) is 0 Å². The monoisotopic (exact) mass is 354 g/mol. The van der Waals surface area contributed by atoms with E-state index in [0.29, 0.717) is 11.5 Å². The van der Waals surface area contributed by atoms with Crippen molar-refractivity contribution in [1.29, 1.82) is 0 Å². The number of benzene rings is 4. The van der Waals surface area contributed by atoms with Crippen LogP contribution in [0.25, 0.3) is 33.0 Å². The summed E-state index contributed by atoms with van der Waals surface area (Å²) in [6.07, 6.45) is 0. The summed E-state index contributed by atoms with van der Waals surface area (Å²) >= 11 is 0. The lowest BCUT2D eigenvalue weighted by atomic mass is 9.87. The molecule has 0 radical (unpaired) electrons. The highest BCUT2D eigenvalue weighted by Crippen LogP contribution is 2.48. The van der Waals surface area contributed by atoms with Crippen LogP contribution in [0.15, 0.2) is 72.8 Å². The Labute approximate surface area is 157 Å². The fourth-order valence-corrected chi connectivity index (χ4v) is 3.92. The molecule has 0 fully saturated rings. The summed E-state index contributed by atoms with van der Waals surface area (Å²) < 4.78 is 11.1. The molecule has 0 aromatic heterocycles. The van der Waals surface area contributed by atoms with Crippen molar-refractivity contribution >= 4 is 10.8 Å². The van der Waals surface area contributed by atoms with Crippen molar-refractivity contribution in [2.45, 2.75) is 6.92 Å². The molecule has 0 bridgehead atoms. The molecule has 4 aromatic rings. The van der Waals surface area contributed by atoms with Crippen molar-refractivity contribution in [3.8, 4) is 39.5 Å². The standard InChI is InChI=1S/C24H18O3/c1-15-22(16-8-4-2-5-9-16)18-12-20-21(27-14-26-20)13-19(18)24(25)23(15)17-10-6-3-7-11-17/h2-13,25H,14H2,1H3. The van der Waals surface area contributed by atoms with Crippen molar-refractivity contribution in [1.82, 2.24) is 0 Å². The molecule has 3 nitrogen and oxygen atoms in total. The number of phenols is 1. The fraction of sp³-hybridized carbons (Fsp3) is 0.0833. The molecule has 1 N–H and O–H groups in total. The first-order valence-corrected chi connectivity index (χ1v) is 8.94. The van der Waals surface area contributed by atoms with E-state index in [-0.39, 0.29) is 12.5 Å². The van der Waals surface area contributed by atoms with E-state index in [1.807, 2.05) is 60.7 Å². The van der Waals surface area contributed by atoms with Crippen LogP contribution >= 0.6 is 0 Å². The van der Waals surface area contributed by atoms with Crippen LogP contribution in [-0.2, 0) is 0 Å². The smallest absolute Gasteiger partial charge is 0.231 e. The second-order valence-electron chi connectivity index (χ2n) is 6.71. The van der Waals surface area contributed by atoms with E-state index < -0.39 is 0 Å². The lowest BCUT2D eigenvalue weighted by Crippen LogP contribution is -1.93. The van der Waals surface area contributed by atoms with Crippen molar-refractivity contribution in [3.05, 3.63) is 78.4 Å². The summed E-state index contributed by atoms with van der Waals surface area (Å²) in [7, 11) is 0. The Morgan fingerprint density at radius 3 is 1.81 bits per heavy atom. The second kappa shape index (κ2) is 6.06. The molecule has 3 heteroatoms. The van der Waals surface area contributed by atoms with E-state index in [4.69, 9.17) is 9.47 Å². The molecular weight excluding hydrogens is 336 g/mol. The molecular formula is C24H18O3. The molecule has 1 heterocycles.